The number of rotatable bonds is 6. The van der Waals surface area contributed by atoms with E-state index in [1.165, 1.54) is 0 Å². The molecule has 0 aliphatic carbocycles. The van der Waals surface area contributed by atoms with Crippen molar-refractivity contribution in [3.63, 3.8) is 0 Å². The van der Waals surface area contributed by atoms with Crippen molar-refractivity contribution in [2.45, 2.75) is 6.04 Å². The first-order chi connectivity index (χ1) is 8.41. The van der Waals surface area contributed by atoms with Crippen LogP contribution in [0.15, 0.2) is 22.7 Å². The van der Waals surface area contributed by atoms with Crippen LogP contribution >= 0.6 is 27.5 Å². The van der Waals surface area contributed by atoms with Crippen LogP contribution in [0.3, 0.4) is 0 Å². The van der Waals surface area contributed by atoms with Crippen LogP contribution < -0.4 is 5.32 Å². The highest BCUT2D eigenvalue weighted by Crippen LogP contribution is 2.26. The van der Waals surface area contributed by atoms with E-state index >= 15 is 0 Å². The highest BCUT2D eigenvalue weighted by molar-refractivity contribution is 9.10. The van der Waals surface area contributed by atoms with E-state index in [0.29, 0.717) is 17.1 Å². The molecule has 0 fully saturated rings. The zero-order chi connectivity index (χ0) is 13.7. The van der Waals surface area contributed by atoms with Gasteiger partial charge in [-0.3, -0.25) is 10.1 Å². The second-order valence-corrected chi connectivity index (χ2v) is 5.52. The van der Waals surface area contributed by atoms with Crippen LogP contribution in [0.1, 0.15) is 11.6 Å². The third-order valence-electron chi connectivity index (χ3n) is 2.43. The van der Waals surface area contributed by atoms with Gasteiger partial charge in [-0.1, -0.05) is 33.6 Å². The fraction of sp³-hybridized carbons (Fsp3) is 0.417. The van der Waals surface area contributed by atoms with Crippen LogP contribution in [0.5, 0.6) is 0 Å². The molecule has 1 rings (SSSR count). The van der Waals surface area contributed by atoms with Crippen molar-refractivity contribution >= 4 is 33.5 Å². The normalized spacial score (nSPS) is 12.7. The Morgan fingerprint density at radius 2 is 2.22 bits per heavy atom. The third kappa shape index (κ3) is 4.57. The molecule has 0 saturated heterocycles. The fourth-order valence-electron chi connectivity index (χ4n) is 1.50. The minimum absolute atomic E-state index is 0.439. The van der Waals surface area contributed by atoms with Crippen molar-refractivity contribution in [1.82, 2.24) is 10.2 Å². The molecular formula is C12H16BrClN2O2. The molecule has 4 nitrogen and oxygen atoms in total. The summed E-state index contributed by atoms with van der Waals surface area (Å²) in [6, 6.07) is 4.41. The minimum Gasteiger partial charge on any atom is -0.480 e. The number of halogens is 2. The van der Waals surface area contributed by atoms with Crippen LogP contribution in [0, 0.1) is 0 Å². The summed E-state index contributed by atoms with van der Waals surface area (Å²) in [5.74, 6) is -0.932. The van der Waals surface area contributed by atoms with Crippen LogP contribution in [0.4, 0.5) is 0 Å². The van der Waals surface area contributed by atoms with Crippen molar-refractivity contribution in [3.05, 3.63) is 33.3 Å². The first-order valence-electron chi connectivity index (χ1n) is 5.47. The molecule has 100 valence electrons. The van der Waals surface area contributed by atoms with E-state index in [4.69, 9.17) is 11.6 Å². The number of hydrogen-bond donors (Lipinski definition) is 2. The van der Waals surface area contributed by atoms with Crippen LogP contribution in [-0.2, 0) is 4.79 Å². The second-order valence-electron chi connectivity index (χ2n) is 4.19. The van der Waals surface area contributed by atoms with Crippen molar-refractivity contribution in [1.29, 1.82) is 0 Å². The van der Waals surface area contributed by atoms with E-state index in [9.17, 15) is 9.90 Å². The maximum Gasteiger partial charge on any atom is 0.325 e. The van der Waals surface area contributed by atoms with Gasteiger partial charge in [0.15, 0.2) is 0 Å². The second kappa shape index (κ2) is 7.09. The van der Waals surface area contributed by atoms with Crippen molar-refractivity contribution < 1.29 is 9.90 Å². The number of likely N-dealkylation sites (N-methyl/N-ethyl adjacent to an activating group) is 1. The number of benzene rings is 1. The maximum atomic E-state index is 11.3. The van der Waals surface area contributed by atoms with E-state index < -0.39 is 12.0 Å². The SMILES string of the molecule is CN(C)CCNC(C(=O)O)c1ccc(Br)cc1Cl. The topological polar surface area (TPSA) is 52.6 Å². The van der Waals surface area contributed by atoms with E-state index in [1.54, 1.807) is 18.2 Å². The summed E-state index contributed by atoms with van der Waals surface area (Å²) in [5, 5.41) is 12.7. The molecule has 0 amide bonds. The van der Waals surface area contributed by atoms with Gasteiger partial charge in [0.2, 0.25) is 0 Å². The Morgan fingerprint density at radius 3 is 2.72 bits per heavy atom. The molecule has 18 heavy (non-hydrogen) atoms. The molecule has 0 aliphatic heterocycles. The lowest BCUT2D eigenvalue weighted by atomic mass is 10.1. The minimum atomic E-state index is -0.932. The average Bonchev–Trinajstić information content (AvgIpc) is 2.25. The number of carbonyl (C=O) groups is 1. The van der Waals surface area contributed by atoms with Crippen molar-refractivity contribution in [2.75, 3.05) is 27.2 Å². The molecule has 0 aliphatic rings. The zero-order valence-electron chi connectivity index (χ0n) is 10.3. The molecule has 0 radical (unpaired) electrons. The molecule has 0 spiro atoms. The summed E-state index contributed by atoms with van der Waals surface area (Å²) in [6.45, 7) is 1.34. The number of nitrogens with one attached hydrogen (secondary N) is 1. The molecule has 1 aromatic rings. The smallest absolute Gasteiger partial charge is 0.325 e. The van der Waals surface area contributed by atoms with Crippen molar-refractivity contribution in [3.8, 4) is 0 Å². The van der Waals surface area contributed by atoms with Gasteiger partial charge < -0.3 is 10.0 Å². The van der Waals surface area contributed by atoms with Crippen molar-refractivity contribution in [2.24, 2.45) is 0 Å². The number of hydrogen-bond acceptors (Lipinski definition) is 3. The van der Waals surface area contributed by atoms with Crippen LogP contribution in [-0.4, -0.2) is 43.2 Å². The molecule has 0 heterocycles. The molecule has 0 aromatic heterocycles. The summed E-state index contributed by atoms with van der Waals surface area (Å²) in [4.78, 5) is 13.2. The summed E-state index contributed by atoms with van der Waals surface area (Å²) in [7, 11) is 3.87. The van der Waals surface area contributed by atoms with E-state index in [0.717, 1.165) is 11.0 Å². The predicted octanol–water partition coefficient (Wildman–Crippen LogP) is 2.38. The van der Waals surface area contributed by atoms with Gasteiger partial charge in [-0.15, -0.1) is 0 Å². The van der Waals surface area contributed by atoms with E-state index in [2.05, 4.69) is 21.2 Å². The summed E-state index contributed by atoms with van der Waals surface area (Å²) in [6.07, 6.45) is 0. The monoisotopic (exact) mass is 334 g/mol. The van der Waals surface area contributed by atoms with Gasteiger partial charge in [0.25, 0.3) is 0 Å². The molecule has 6 heteroatoms. The maximum absolute atomic E-state index is 11.3. The Kier molecular flexibility index (Phi) is 6.08. The number of nitrogens with zero attached hydrogens (tertiary/aromatic N) is 1. The Balaban J connectivity index is 2.81. The summed E-state index contributed by atoms with van der Waals surface area (Å²) >= 11 is 9.36. The standard InChI is InChI=1S/C12H16BrClN2O2/c1-16(2)6-5-15-11(12(17)18)9-4-3-8(13)7-10(9)14/h3-4,7,11,15H,5-6H2,1-2H3,(H,17,18). The number of aliphatic carboxylic acids is 1. The highest BCUT2D eigenvalue weighted by Gasteiger charge is 2.21. The first-order valence-corrected chi connectivity index (χ1v) is 6.64. The molecule has 0 saturated carbocycles. The van der Waals surface area contributed by atoms with Gasteiger partial charge in [-0.25, -0.2) is 0 Å². The Morgan fingerprint density at radius 1 is 1.56 bits per heavy atom. The number of carboxylic acids is 1. The van der Waals surface area contributed by atoms with Crippen LogP contribution in [0.2, 0.25) is 5.02 Å². The largest absolute Gasteiger partial charge is 0.480 e. The van der Waals surface area contributed by atoms with E-state index in [-0.39, 0.29) is 0 Å². The molecule has 1 unspecified atom stereocenters. The first kappa shape index (κ1) is 15.4. The average molecular weight is 336 g/mol. The lowest BCUT2D eigenvalue weighted by Crippen LogP contribution is -2.34. The number of carboxylic acid groups (broad SMARTS) is 1. The molecule has 2 N–H and O–H groups in total. The molecule has 1 atom stereocenters. The Labute approximate surface area is 120 Å². The van der Waals surface area contributed by atoms with Gasteiger partial charge in [0.1, 0.15) is 6.04 Å². The van der Waals surface area contributed by atoms with Gasteiger partial charge in [0.05, 0.1) is 0 Å². The summed E-state index contributed by atoms with van der Waals surface area (Å²) < 4.78 is 0.827. The lowest BCUT2D eigenvalue weighted by Gasteiger charge is -2.18. The quantitative estimate of drug-likeness (QED) is 0.838. The third-order valence-corrected chi connectivity index (χ3v) is 3.25. The van der Waals surface area contributed by atoms with Gasteiger partial charge in [0, 0.05) is 22.6 Å². The predicted molar refractivity (Wildman–Crippen MR) is 76.1 cm³/mol. The van der Waals surface area contributed by atoms with Gasteiger partial charge >= 0.3 is 5.97 Å². The van der Waals surface area contributed by atoms with Gasteiger partial charge in [-0.2, -0.15) is 0 Å². The van der Waals surface area contributed by atoms with Crippen LogP contribution in [0.25, 0.3) is 0 Å². The molecule has 0 bridgehead atoms. The molecule has 1 aromatic carbocycles. The Bertz CT molecular complexity index is 427. The molecular weight excluding hydrogens is 320 g/mol. The highest BCUT2D eigenvalue weighted by atomic mass is 79.9. The lowest BCUT2D eigenvalue weighted by molar-refractivity contribution is -0.139. The van der Waals surface area contributed by atoms with E-state index in [1.807, 2.05) is 19.0 Å². The van der Waals surface area contributed by atoms with Gasteiger partial charge in [-0.05, 0) is 31.8 Å². The summed E-state index contributed by atoms with van der Waals surface area (Å²) in [5.41, 5.74) is 0.575. The Hall–Kier alpha value is -0.620. The fourth-order valence-corrected chi connectivity index (χ4v) is 2.28. The zero-order valence-corrected chi connectivity index (χ0v) is 12.6.